The zero-order valence-electron chi connectivity index (χ0n) is 11.5. The summed E-state index contributed by atoms with van der Waals surface area (Å²) in [6, 6.07) is 0.104. The minimum absolute atomic E-state index is 0.104. The van der Waals surface area contributed by atoms with E-state index in [1.807, 2.05) is 13.8 Å². The maximum atomic E-state index is 11.9. The predicted octanol–water partition coefficient (Wildman–Crippen LogP) is 1.34. The van der Waals surface area contributed by atoms with Gasteiger partial charge in [-0.05, 0) is 50.5 Å². The summed E-state index contributed by atoms with van der Waals surface area (Å²) < 4.78 is 26.7. The molecule has 106 valence electrons. The first kappa shape index (κ1) is 14.3. The topological polar surface area (TPSA) is 58.2 Å². The molecule has 0 radical (unpaired) electrons. The molecule has 0 saturated heterocycles. The molecule has 0 aromatic heterocycles. The molecule has 2 rings (SSSR count). The van der Waals surface area contributed by atoms with Gasteiger partial charge < -0.3 is 5.32 Å². The number of nitrogens with one attached hydrogen (secondary N) is 2. The normalized spacial score (nSPS) is 32.9. The van der Waals surface area contributed by atoms with Crippen LogP contribution in [0.4, 0.5) is 0 Å². The smallest absolute Gasteiger partial charge is 0.213 e. The number of sulfonamides is 1. The first-order valence-corrected chi connectivity index (χ1v) is 8.87. The van der Waals surface area contributed by atoms with Crippen molar-refractivity contribution >= 4 is 10.0 Å². The van der Waals surface area contributed by atoms with E-state index in [9.17, 15) is 8.42 Å². The van der Waals surface area contributed by atoms with Gasteiger partial charge in [-0.1, -0.05) is 13.3 Å². The molecule has 2 aliphatic carbocycles. The minimum atomic E-state index is -3.12. The van der Waals surface area contributed by atoms with Crippen molar-refractivity contribution in [3.05, 3.63) is 0 Å². The van der Waals surface area contributed by atoms with Gasteiger partial charge in [0.25, 0.3) is 0 Å². The second kappa shape index (κ2) is 5.88. The van der Waals surface area contributed by atoms with E-state index in [2.05, 4.69) is 10.0 Å². The van der Waals surface area contributed by atoms with E-state index in [0.717, 1.165) is 18.4 Å². The van der Waals surface area contributed by atoms with E-state index in [1.54, 1.807) is 0 Å². The molecule has 0 aromatic carbocycles. The zero-order chi connectivity index (χ0) is 13.2. The van der Waals surface area contributed by atoms with Crippen LogP contribution in [0.3, 0.4) is 0 Å². The Morgan fingerprint density at radius 3 is 2.61 bits per heavy atom. The quantitative estimate of drug-likeness (QED) is 0.689. The second-order valence-electron chi connectivity index (χ2n) is 5.92. The average molecular weight is 274 g/mol. The third-order valence-electron chi connectivity index (χ3n) is 4.60. The SMILES string of the molecule is CCNCCS(=O)(=O)NC(C)C1CC2CCC1C2. The van der Waals surface area contributed by atoms with Gasteiger partial charge in [-0.25, -0.2) is 13.1 Å². The lowest BCUT2D eigenvalue weighted by Crippen LogP contribution is -2.42. The fourth-order valence-corrected chi connectivity index (χ4v) is 4.99. The molecule has 0 aliphatic heterocycles. The predicted molar refractivity (Wildman–Crippen MR) is 73.9 cm³/mol. The molecule has 2 saturated carbocycles. The van der Waals surface area contributed by atoms with E-state index in [1.165, 1.54) is 25.7 Å². The second-order valence-corrected chi connectivity index (χ2v) is 7.79. The highest BCUT2D eigenvalue weighted by Crippen LogP contribution is 2.49. The fraction of sp³-hybridized carbons (Fsp3) is 1.00. The summed E-state index contributed by atoms with van der Waals surface area (Å²) in [5.41, 5.74) is 0. The van der Waals surface area contributed by atoms with Crippen LogP contribution in [0, 0.1) is 17.8 Å². The molecule has 2 aliphatic rings. The molecule has 5 heteroatoms. The molecule has 0 heterocycles. The van der Waals surface area contributed by atoms with Crippen molar-refractivity contribution in [2.45, 2.75) is 45.6 Å². The van der Waals surface area contributed by atoms with Gasteiger partial charge in [-0.15, -0.1) is 0 Å². The summed E-state index contributed by atoms with van der Waals surface area (Å²) in [5.74, 6) is 2.39. The first-order valence-electron chi connectivity index (χ1n) is 7.22. The Labute approximate surface area is 111 Å². The molecule has 2 N–H and O–H groups in total. The Bertz CT molecular complexity index is 369. The highest BCUT2D eigenvalue weighted by molar-refractivity contribution is 7.89. The van der Waals surface area contributed by atoms with Crippen molar-refractivity contribution < 1.29 is 8.42 Å². The van der Waals surface area contributed by atoms with Gasteiger partial charge in [0.2, 0.25) is 10.0 Å². The lowest BCUT2D eigenvalue weighted by atomic mass is 9.84. The number of fused-ring (bicyclic) bond motifs is 2. The highest BCUT2D eigenvalue weighted by atomic mass is 32.2. The summed E-state index contributed by atoms with van der Waals surface area (Å²) in [6.07, 6.45) is 5.22. The van der Waals surface area contributed by atoms with Crippen LogP contribution in [-0.4, -0.2) is 33.3 Å². The molecule has 2 fully saturated rings. The molecular formula is C13H26N2O2S. The van der Waals surface area contributed by atoms with E-state index >= 15 is 0 Å². The third-order valence-corrected chi connectivity index (χ3v) is 6.07. The molecule has 4 atom stereocenters. The summed E-state index contributed by atoms with van der Waals surface area (Å²) in [4.78, 5) is 0. The molecule has 0 spiro atoms. The Hall–Kier alpha value is -0.130. The van der Waals surface area contributed by atoms with Crippen molar-refractivity contribution in [1.29, 1.82) is 0 Å². The van der Waals surface area contributed by atoms with Crippen LogP contribution in [0.2, 0.25) is 0 Å². The summed E-state index contributed by atoms with van der Waals surface area (Å²) in [5, 5.41) is 3.05. The molecule has 4 nitrogen and oxygen atoms in total. The Balaban J connectivity index is 1.81. The van der Waals surface area contributed by atoms with Gasteiger partial charge in [0.15, 0.2) is 0 Å². The van der Waals surface area contributed by atoms with Crippen molar-refractivity contribution in [3.8, 4) is 0 Å². The largest absolute Gasteiger partial charge is 0.316 e. The van der Waals surface area contributed by atoms with Crippen molar-refractivity contribution in [2.75, 3.05) is 18.8 Å². The van der Waals surface area contributed by atoms with E-state index < -0.39 is 10.0 Å². The number of hydrogen-bond acceptors (Lipinski definition) is 3. The zero-order valence-corrected chi connectivity index (χ0v) is 12.3. The molecule has 4 unspecified atom stereocenters. The van der Waals surface area contributed by atoms with Crippen LogP contribution in [0.15, 0.2) is 0 Å². The molecular weight excluding hydrogens is 248 g/mol. The van der Waals surface area contributed by atoms with Crippen LogP contribution in [0.25, 0.3) is 0 Å². The van der Waals surface area contributed by atoms with Gasteiger partial charge in [0, 0.05) is 12.6 Å². The van der Waals surface area contributed by atoms with Gasteiger partial charge >= 0.3 is 0 Å². The maximum absolute atomic E-state index is 11.9. The van der Waals surface area contributed by atoms with Gasteiger partial charge in [0.05, 0.1) is 5.75 Å². The first-order chi connectivity index (χ1) is 8.52. The van der Waals surface area contributed by atoms with Crippen molar-refractivity contribution in [3.63, 3.8) is 0 Å². The summed E-state index contributed by atoms with van der Waals surface area (Å²) >= 11 is 0. The lowest BCUT2D eigenvalue weighted by molar-refractivity contribution is 0.280. The van der Waals surface area contributed by atoms with Crippen LogP contribution >= 0.6 is 0 Å². The van der Waals surface area contributed by atoms with Crippen LogP contribution in [-0.2, 0) is 10.0 Å². The van der Waals surface area contributed by atoms with Crippen LogP contribution < -0.4 is 10.0 Å². The van der Waals surface area contributed by atoms with Gasteiger partial charge in [-0.2, -0.15) is 0 Å². The molecule has 0 aromatic rings. The highest BCUT2D eigenvalue weighted by Gasteiger charge is 2.42. The minimum Gasteiger partial charge on any atom is -0.316 e. The lowest BCUT2D eigenvalue weighted by Gasteiger charge is -2.28. The van der Waals surface area contributed by atoms with Crippen LogP contribution in [0.5, 0.6) is 0 Å². The Kier molecular flexibility index (Phi) is 4.67. The van der Waals surface area contributed by atoms with Crippen molar-refractivity contribution in [2.24, 2.45) is 17.8 Å². The summed E-state index contributed by atoms with van der Waals surface area (Å²) in [7, 11) is -3.12. The van der Waals surface area contributed by atoms with E-state index in [-0.39, 0.29) is 11.8 Å². The van der Waals surface area contributed by atoms with E-state index in [4.69, 9.17) is 0 Å². The van der Waals surface area contributed by atoms with Crippen LogP contribution in [0.1, 0.15) is 39.5 Å². The molecule has 18 heavy (non-hydrogen) atoms. The Morgan fingerprint density at radius 1 is 1.28 bits per heavy atom. The Morgan fingerprint density at radius 2 is 2.06 bits per heavy atom. The average Bonchev–Trinajstić information content (AvgIpc) is 2.90. The summed E-state index contributed by atoms with van der Waals surface area (Å²) in [6.45, 7) is 5.38. The van der Waals surface area contributed by atoms with Gasteiger partial charge in [-0.3, -0.25) is 0 Å². The number of rotatable bonds is 7. The van der Waals surface area contributed by atoms with Gasteiger partial charge in [0.1, 0.15) is 0 Å². The number of hydrogen-bond donors (Lipinski definition) is 2. The van der Waals surface area contributed by atoms with Crippen molar-refractivity contribution in [1.82, 2.24) is 10.0 Å². The van der Waals surface area contributed by atoms with E-state index in [0.29, 0.717) is 12.5 Å². The molecule has 0 amide bonds. The monoisotopic (exact) mass is 274 g/mol. The fourth-order valence-electron chi connectivity index (χ4n) is 3.72. The maximum Gasteiger partial charge on any atom is 0.213 e. The third kappa shape index (κ3) is 3.45. The molecule has 2 bridgehead atoms. The standard InChI is InChI=1S/C13H26N2O2S/c1-3-14-6-7-18(16,17)15-10(2)13-9-11-4-5-12(13)8-11/h10-15H,3-9H2,1-2H3.